The molecule has 18 nitrogen and oxygen atoms in total. The van der Waals surface area contributed by atoms with E-state index in [0.29, 0.717) is 70.7 Å². The number of pyridine rings is 7. The van der Waals surface area contributed by atoms with E-state index in [1.165, 1.54) is 80.9 Å². The van der Waals surface area contributed by atoms with E-state index in [1.807, 2.05) is 114 Å². The molecule has 0 amide bonds. The summed E-state index contributed by atoms with van der Waals surface area (Å²) in [4.78, 5) is 81.8. The Bertz CT molecular complexity index is 4930. The molecule has 11 aromatic rings. The van der Waals surface area contributed by atoms with Crippen molar-refractivity contribution in [3.63, 3.8) is 0 Å². The SMILES string of the molecule is C.C.CC(C)c1ccc(=O)[nH]c1.CC(C)c1ccc(=O)n(C)c1.CC(C)c1ccc(=O)n(C)c1.CC(C)c1ccc(=O)n(C2CC2)c1.CC(C)c1ccc(C(F)(F)F)nc1.CC(C)c1cnc(C(F)(F)F)cn1.Cc1ccc(C(C)C)c(C)c1.Cc1ccc(C(C)C)c(C)n1.Cc1cnc(C(C)C)cn1.Cc1ncc(C(C)C)cc1O.Cc1ncc(C(C)C)cn1. The molecule has 1 fully saturated rings. The number of rotatable bonds is 12. The van der Waals surface area contributed by atoms with Crippen LogP contribution in [0.1, 0.15) is 364 Å². The number of alkyl halides is 6. The molecular formula is C102H147F6N13O5. The van der Waals surface area contributed by atoms with Crippen LogP contribution in [-0.2, 0) is 26.4 Å². The van der Waals surface area contributed by atoms with Crippen LogP contribution < -0.4 is 22.2 Å². The van der Waals surface area contributed by atoms with Gasteiger partial charge >= 0.3 is 12.4 Å². The van der Waals surface area contributed by atoms with Gasteiger partial charge in [0.2, 0.25) is 16.7 Å². The highest BCUT2D eigenvalue weighted by Crippen LogP contribution is 2.34. The maximum absolute atomic E-state index is 12.1. The predicted octanol–water partition coefficient (Wildman–Crippen LogP) is 26.2. The van der Waals surface area contributed by atoms with Crippen molar-refractivity contribution in [3.05, 3.63) is 325 Å². The van der Waals surface area contributed by atoms with Crippen LogP contribution in [-0.4, -0.2) is 68.6 Å². The molecule has 126 heavy (non-hydrogen) atoms. The van der Waals surface area contributed by atoms with Crippen LogP contribution >= 0.6 is 0 Å². The maximum Gasteiger partial charge on any atom is 0.434 e. The summed E-state index contributed by atoms with van der Waals surface area (Å²) in [6.07, 6.45) is 13.5. The largest absolute Gasteiger partial charge is 0.506 e. The molecule has 1 saturated carbocycles. The van der Waals surface area contributed by atoms with Crippen LogP contribution in [0.25, 0.3) is 0 Å². The molecule has 692 valence electrons. The minimum absolute atomic E-state index is 0. The summed E-state index contributed by atoms with van der Waals surface area (Å²) in [6.45, 7) is 60.0. The van der Waals surface area contributed by atoms with Crippen molar-refractivity contribution in [2.75, 3.05) is 0 Å². The quantitative estimate of drug-likeness (QED) is 0.108. The number of halogens is 6. The predicted molar refractivity (Wildman–Crippen MR) is 508 cm³/mol. The standard InChI is InChI=1S/C11H15NO.C11H16.C10H15N.C9H10F3N.3C9H13NO.C8H9F3N2.2C8H12N2.C8H11NO.2CH4/c1-8(2)9-3-6-11(13)12(7-9)10-4-5-10;1-8(2)11-6-5-9(3)7-10(11)4;1-7(2)10-6-5-8(3)11-9(10)4;1-6(2)7-3-4-8(13-5-7)9(10,11)12;1-6(2)8-4-9(11)7(3)10-5-8;2*1-7(2)8-4-5-9(11)10(3)6-8;1-5(2)6-3-13-7(4-12-6)8(9,10)11;1-6(2)8-4-9-7(3)10-5-8;1-6(2)8-5-9-7(3)4-10-8;1-6(2)7-3-4-8(10)9-5-7;;/h3,6-8,10H,4-5H2,1-2H3;5-8H,1-4H3;5-7H,1-4H3;3-6H,1-2H3;4-6,11H,1-3H3;2*4-7H,1-3H3;3-5H,1-2H3;2*4-6H,1-3H3;3-6H,1-2H3,(H,9,10);2*1H4. The first-order valence-corrected chi connectivity index (χ1v) is 42.5. The van der Waals surface area contributed by atoms with Crippen LogP contribution in [0.2, 0.25) is 0 Å². The molecule has 2 N–H and O–H groups in total. The summed E-state index contributed by atoms with van der Waals surface area (Å²) in [5.74, 6) is 6.05. The molecule has 1 aliphatic carbocycles. The highest BCUT2D eigenvalue weighted by molar-refractivity contribution is 5.33. The lowest BCUT2D eigenvalue weighted by atomic mass is 9.97. The third-order valence-electron chi connectivity index (χ3n) is 19.4. The molecule has 0 spiro atoms. The fourth-order valence-electron chi connectivity index (χ4n) is 10.9. The molecule has 0 aliphatic heterocycles. The number of H-pyrrole nitrogens is 1. The van der Waals surface area contributed by atoms with Crippen molar-refractivity contribution in [2.24, 2.45) is 14.1 Å². The van der Waals surface area contributed by atoms with Crippen molar-refractivity contribution in [1.82, 2.24) is 63.5 Å². The molecule has 12 rings (SSSR count). The van der Waals surface area contributed by atoms with E-state index in [-0.39, 0.29) is 54.7 Å². The van der Waals surface area contributed by atoms with Crippen LogP contribution in [0.5, 0.6) is 5.75 Å². The van der Waals surface area contributed by atoms with Gasteiger partial charge < -0.3 is 23.8 Å². The van der Waals surface area contributed by atoms with Crippen molar-refractivity contribution in [3.8, 4) is 5.75 Å². The van der Waals surface area contributed by atoms with Gasteiger partial charge in [-0.3, -0.25) is 49.1 Å². The van der Waals surface area contributed by atoms with Gasteiger partial charge in [-0.2, -0.15) is 26.3 Å². The number of benzene rings is 1. The smallest absolute Gasteiger partial charge is 0.434 e. The third-order valence-corrected chi connectivity index (χ3v) is 19.4. The molecule has 0 bridgehead atoms. The molecule has 0 radical (unpaired) electrons. The lowest BCUT2D eigenvalue weighted by molar-refractivity contribution is -0.142. The number of nitrogens with one attached hydrogen (secondary N) is 1. The van der Waals surface area contributed by atoms with Gasteiger partial charge in [-0.1, -0.05) is 227 Å². The van der Waals surface area contributed by atoms with E-state index in [2.05, 4.69) is 226 Å². The van der Waals surface area contributed by atoms with Crippen LogP contribution in [0, 0.1) is 48.5 Å². The Kier molecular flexibility index (Phi) is 51.4. The lowest BCUT2D eigenvalue weighted by Crippen LogP contribution is -2.17. The highest BCUT2D eigenvalue weighted by Gasteiger charge is 2.33. The number of aromatic amines is 1. The summed E-state index contributed by atoms with van der Waals surface area (Å²) in [5, 5.41) is 9.29. The number of hydrogen-bond acceptors (Lipinski definition) is 14. The second kappa shape index (κ2) is 56.2. The monoisotopic (exact) mass is 1750 g/mol. The second-order valence-electron chi connectivity index (χ2n) is 34.3. The Hall–Kier alpha value is -10.9. The molecule has 1 aliphatic rings. The van der Waals surface area contributed by atoms with E-state index in [4.69, 9.17) is 0 Å². The first kappa shape index (κ1) is 115. The zero-order chi connectivity index (χ0) is 94.4. The van der Waals surface area contributed by atoms with Crippen LogP contribution in [0.15, 0.2) is 191 Å². The number of aromatic nitrogens is 13. The number of hydrogen-bond donors (Lipinski definition) is 2. The fraction of sp³-hybridized carbons (Fsp3) is 0.480. The number of aromatic hydroxyl groups is 1. The van der Waals surface area contributed by atoms with E-state index in [9.17, 15) is 50.6 Å². The zero-order valence-electron chi connectivity index (χ0n) is 79.2. The molecule has 0 unspecified atom stereocenters. The molecule has 0 saturated heterocycles. The van der Waals surface area contributed by atoms with Gasteiger partial charge in [-0.15, -0.1) is 0 Å². The summed E-state index contributed by atoms with van der Waals surface area (Å²) in [7, 11) is 3.54. The average Bonchev–Trinajstić information content (AvgIpc) is 1.69. The van der Waals surface area contributed by atoms with E-state index >= 15 is 0 Å². The normalized spacial score (nSPS) is 11.3. The Balaban J connectivity index is 0.00000136. The molecule has 1 aromatic carbocycles. The summed E-state index contributed by atoms with van der Waals surface area (Å²) in [5.41, 5.74) is 17.5. The van der Waals surface area contributed by atoms with Gasteiger partial charge in [-0.05, 0) is 200 Å². The van der Waals surface area contributed by atoms with Gasteiger partial charge in [0.25, 0.3) is 5.56 Å². The van der Waals surface area contributed by atoms with E-state index in [0.717, 1.165) is 52.5 Å². The van der Waals surface area contributed by atoms with Gasteiger partial charge in [0.15, 0.2) is 5.69 Å². The Labute approximate surface area is 748 Å². The Morgan fingerprint density at radius 2 is 0.778 bits per heavy atom. The van der Waals surface area contributed by atoms with Crippen LogP contribution in [0.3, 0.4) is 0 Å². The number of nitrogens with zero attached hydrogens (tertiary/aromatic N) is 12. The van der Waals surface area contributed by atoms with Gasteiger partial charge in [-0.25, -0.2) is 15.0 Å². The van der Waals surface area contributed by atoms with Crippen molar-refractivity contribution < 1.29 is 31.4 Å². The van der Waals surface area contributed by atoms with Gasteiger partial charge in [0.05, 0.1) is 29.0 Å². The first-order chi connectivity index (χ1) is 57.6. The highest BCUT2D eigenvalue weighted by atomic mass is 19.4. The minimum Gasteiger partial charge on any atom is -0.506 e. The molecule has 24 heteroatoms. The van der Waals surface area contributed by atoms with E-state index < -0.39 is 23.7 Å². The molecule has 10 heterocycles. The lowest BCUT2D eigenvalue weighted by Gasteiger charge is -2.09. The zero-order valence-corrected chi connectivity index (χ0v) is 79.2. The van der Waals surface area contributed by atoms with Crippen molar-refractivity contribution in [2.45, 2.75) is 312 Å². The minimum atomic E-state index is -4.40. The average molecular weight is 1750 g/mol. The van der Waals surface area contributed by atoms with Crippen molar-refractivity contribution in [1.29, 1.82) is 0 Å². The van der Waals surface area contributed by atoms with Gasteiger partial charge in [0.1, 0.15) is 17.3 Å². The van der Waals surface area contributed by atoms with E-state index in [1.54, 1.807) is 79.1 Å². The Morgan fingerprint density at radius 1 is 0.365 bits per heavy atom. The maximum atomic E-state index is 12.1. The first-order valence-electron chi connectivity index (χ1n) is 42.5. The van der Waals surface area contributed by atoms with Gasteiger partial charge in [0, 0.05) is 124 Å². The topological polar surface area (TPSA) is 235 Å². The molecule has 10 aromatic heterocycles. The number of aryl methyl sites for hydroxylation is 9. The summed E-state index contributed by atoms with van der Waals surface area (Å²) < 4.78 is 77.3. The fourth-order valence-corrected chi connectivity index (χ4v) is 10.9. The Morgan fingerprint density at radius 3 is 1.13 bits per heavy atom. The molecular weight excluding hydrogens is 1600 g/mol. The van der Waals surface area contributed by atoms with Crippen molar-refractivity contribution >= 4 is 0 Å². The summed E-state index contributed by atoms with van der Waals surface area (Å²) >= 11 is 0. The summed E-state index contributed by atoms with van der Waals surface area (Å²) in [6, 6.07) is 29.6. The third kappa shape index (κ3) is 43.8. The molecule has 0 atom stereocenters. The van der Waals surface area contributed by atoms with Crippen LogP contribution in [0.4, 0.5) is 26.3 Å². The second-order valence-corrected chi connectivity index (χ2v) is 34.3.